The Morgan fingerprint density at radius 3 is 1.91 bits per heavy atom. The molecule has 6 amide bonds. The van der Waals surface area contributed by atoms with Gasteiger partial charge in [-0.3, -0.25) is 53.4 Å². The molecule has 0 spiro atoms. The first kappa shape index (κ1) is 85.3. The van der Waals surface area contributed by atoms with Crippen molar-refractivity contribution < 1.29 is 58.2 Å². The summed E-state index contributed by atoms with van der Waals surface area (Å²) in [6.07, 6.45) is 9.56. The van der Waals surface area contributed by atoms with Gasteiger partial charge in [0.2, 0.25) is 35.4 Å². The summed E-state index contributed by atoms with van der Waals surface area (Å²) in [5.41, 5.74) is 18.4. The SMILES string of the molecule is C[C@@H](O)[C@@H]1CC(=O)[C@H](CCCCN)NC(=O)[C@@H](Cc2c[nH]c3ccccc23)CC(=O)[C@H](Cc2ccccc2)NC(=O)[C@H](Cc2ccccc2)CC(=O)[C@H](CCCNC(=N)N)NC(=O)[C@H](CC(=O)[C@H](Cc2ccc(O)cc2)NC(=O)CSC[C@@H]2C[C@@H]3C4C=CC=C5NC=C(C[C@H]3N(C)C2)C54)CCNC(=O)[C@H](Cc2ccccc2)NC1=O. The maximum absolute atomic E-state index is 15.6. The van der Waals surface area contributed by atoms with Gasteiger partial charge in [0, 0.05) is 110 Å². The lowest BCUT2D eigenvalue weighted by Gasteiger charge is -2.51. The predicted molar refractivity (Wildman–Crippen MR) is 443 cm³/mol. The first-order valence-corrected chi connectivity index (χ1v) is 41.6. The van der Waals surface area contributed by atoms with Gasteiger partial charge in [-0.2, -0.15) is 11.8 Å². The number of unbranched alkanes of at least 4 members (excludes halogenated alkanes) is 1. The second-order valence-electron chi connectivity index (χ2n) is 31.8. The number of hydrogen-bond acceptors (Lipinski definition) is 17. The number of guanidine groups is 1. The summed E-state index contributed by atoms with van der Waals surface area (Å²) in [5, 5.41) is 54.5. The van der Waals surface area contributed by atoms with Gasteiger partial charge < -0.3 is 74.1 Å². The van der Waals surface area contributed by atoms with Crippen molar-refractivity contribution in [2.45, 2.75) is 158 Å². The van der Waals surface area contributed by atoms with Crippen molar-refractivity contribution in [3.63, 3.8) is 0 Å². The number of thioether (sulfide) groups is 1. The van der Waals surface area contributed by atoms with Crippen LogP contribution < -0.4 is 54.0 Å². The molecule has 1 saturated carbocycles. The first-order chi connectivity index (χ1) is 55.5. The highest BCUT2D eigenvalue weighted by molar-refractivity contribution is 7.99. The quantitative estimate of drug-likeness (QED) is 0.0146. The minimum Gasteiger partial charge on any atom is -0.508 e. The minimum atomic E-state index is -1.48. The number of aliphatic hydroxyl groups is 1. The molecule has 2 saturated heterocycles. The summed E-state index contributed by atoms with van der Waals surface area (Å²) in [6.45, 7) is 2.25. The largest absolute Gasteiger partial charge is 0.508 e. The highest BCUT2D eigenvalue weighted by Crippen LogP contribution is 2.51. The number of aromatic hydroxyl groups is 1. The van der Waals surface area contributed by atoms with Crippen LogP contribution in [-0.2, 0) is 80.0 Å². The van der Waals surface area contributed by atoms with Gasteiger partial charge in [0.15, 0.2) is 29.1 Å². The lowest BCUT2D eigenvalue weighted by Crippen LogP contribution is -2.53. The molecular formula is C89H111N13O12S. The average molecular weight is 1590 g/mol. The van der Waals surface area contributed by atoms with Crippen molar-refractivity contribution in [3.05, 3.63) is 209 Å². The number of carbonyl (C=O) groups excluding carboxylic acids is 10. The zero-order valence-electron chi connectivity index (χ0n) is 65.6. The number of allylic oxidation sites excluding steroid dienone is 4. The summed E-state index contributed by atoms with van der Waals surface area (Å²) in [4.78, 5) is 158. The van der Waals surface area contributed by atoms with E-state index in [0.717, 1.165) is 30.3 Å². The highest BCUT2D eigenvalue weighted by atomic mass is 32.2. The molecule has 15 atom stereocenters. The topological polar surface area (TPSA) is 402 Å². The van der Waals surface area contributed by atoms with Crippen LogP contribution >= 0.6 is 11.8 Å². The summed E-state index contributed by atoms with van der Waals surface area (Å²) in [6, 6.07) is 34.3. The van der Waals surface area contributed by atoms with Crippen LogP contribution in [0.25, 0.3) is 10.9 Å². The van der Waals surface area contributed by atoms with Crippen molar-refractivity contribution in [1.29, 1.82) is 5.41 Å². The van der Waals surface area contributed by atoms with E-state index in [0.29, 0.717) is 70.2 Å². The standard InChI is InChI=1S/C89H111N13O12S/c1-54(103)68-48-81(108)71(27-14-15-35-90)99-86(112)62(43-63-49-95-70-26-13-12-24-66(63)70)47-80(107)75(40-56-20-8-4-9-21-56)100-85(111)61(38-55-18-6-3-7-19-55)46-78(105)72(29-17-36-94-89(91)92)98-84(110)60(34-37-93-88(114)76(101-87(68)113)42-57-22-10-5-11-23-57)45-79(106)74(41-58-30-32-65(104)33-31-58)97-82(109)53-115-52-59-39-69-67-25-16-28-73-83(67)64(50-96-73)44-77(69)102(2)51-59/h3-13,16,18-26,28,30-33,49-50,54,59-62,67-69,71-72,74-77,83,95-96,103-104H,14-15,17,27,29,34-48,51-53,90H2,1-2H3,(H,93,114)(H,97,109)(H,98,110)(H,99,112)(H,100,111)(H,101,113)(H4,91,92,94)/t54-,59-,60+,61-,62+,67?,68+,69-,71+,72+,74+,75+,76+,77-,83?/m1/s1. The molecule has 610 valence electrons. The van der Waals surface area contributed by atoms with Crippen molar-refractivity contribution in [2.75, 3.05) is 44.7 Å². The van der Waals surface area contributed by atoms with Gasteiger partial charge in [0.25, 0.3) is 0 Å². The number of para-hydroxylation sites is 1. The fourth-order valence-electron chi connectivity index (χ4n) is 17.1. The van der Waals surface area contributed by atoms with Gasteiger partial charge >= 0.3 is 0 Å². The third kappa shape index (κ3) is 24.0. The molecule has 5 aliphatic rings. The Hall–Kier alpha value is -10.5. The zero-order chi connectivity index (χ0) is 81.5. The second-order valence-corrected chi connectivity index (χ2v) is 32.8. The number of nitrogens with two attached hydrogens (primary N) is 2. The lowest BCUT2D eigenvalue weighted by molar-refractivity contribution is -0.137. The average Bonchev–Trinajstić information content (AvgIpc) is 1.67. The van der Waals surface area contributed by atoms with Gasteiger partial charge in [-0.1, -0.05) is 133 Å². The van der Waals surface area contributed by atoms with Crippen LogP contribution in [0.15, 0.2) is 181 Å². The van der Waals surface area contributed by atoms with Crippen LogP contribution in [0.5, 0.6) is 5.75 Å². The van der Waals surface area contributed by atoms with E-state index in [1.807, 2.05) is 30.3 Å². The monoisotopic (exact) mass is 1590 g/mol. The number of H-pyrrole nitrogens is 1. The van der Waals surface area contributed by atoms with Crippen LogP contribution in [0.2, 0.25) is 0 Å². The number of benzene rings is 5. The second kappa shape index (κ2) is 41.7. The molecule has 2 unspecified atom stereocenters. The molecule has 11 rings (SSSR count). The number of ketones is 4. The number of phenolic OH excluding ortho intramolecular Hbond substituents is 1. The van der Waals surface area contributed by atoms with Crippen LogP contribution in [0.4, 0.5) is 0 Å². The van der Waals surface area contributed by atoms with Gasteiger partial charge in [-0.25, -0.2) is 0 Å². The molecule has 3 fully saturated rings. The van der Waals surface area contributed by atoms with Gasteiger partial charge in [0.1, 0.15) is 11.8 Å². The number of aromatic nitrogens is 1. The van der Waals surface area contributed by atoms with Gasteiger partial charge in [-0.05, 0) is 179 Å². The van der Waals surface area contributed by atoms with E-state index < -0.39 is 144 Å². The van der Waals surface area contributed by atoms with Crippen molar-refractivity contribution in [1.82, 2.24) is 52.4 Å². The van der Waals surface area contributed by atoms with E-state index in [2.05, 4.69) is 83.9 Å². The summed E-state index contributed by atoms with van der Waals surface area (Å²) in [7, 11) is 2.18. The minimum absolute atomic E-state index is 0.0120. The summed E-state index contributed by atoms with van der Waals surface area (Å²) >= 11 is 1.49. The molecule has 0 bridgehead atoms. The van der Waals surface area contributed by atoms with Crippen LogP contribution in [-0.4, -0.2) is 172 Å². The van der Waals surface area contributed by atoms with Crippen LogP contribution in [0.3, 0.4) is 0 Å². The number of nitrogens with zero attached hydrogens (tertiary/aromatic N) is 1. The maximum atomic E-state index is 15.6. The molecule has 5 aromatic carbocycles. The highest BCUT2D eigenvalue weighted by Gasteiger charge is 2.49. The summed E-state index contributed by atoms with van der Waals surface area (Å²) < 4.78 is 0. The van der Waals surface area contributed by atoms with Gasteiger partial charge in [0.05, 0.1) is 41.9 Å². The van der Waals surface area contributed by atoms with Crippen molar-refractivity contribution >= 4 is 87.2 Å². The number of carbonyl (C=O) groups is 10. The summed E-state index contributed by atoms with van der Waals surface area (Å²) in [5.74, 6) is -9.89. The Morgan fingerprint density at radius 2 is 1.25 bits per heavy atom. The number of amides is 6. The van der Waals surface area contributed by atoms with E-state index in [1.165, 1.54) is 42.1 Å². The van der Waals surface area contributed by atoms with E-state index in [1.54, 1.807) is 103 Å². The van der Waals surface area contributed by atoms with E-state index in [9.17, 15) is 24.6 Å². The predicted octanol–water partition coefficient (Wildman–Crippen LogP) is 6.65. The number of likely N-dealkylation sites (tertiary alicyclic amines) is 1. The van der Waals surface area contributed by atoms with Crippen molar-refractivity contribution in [2.24, 2.45) is 58.8 Å². The van der Waals surface area contributed by atoms with Crippen LogP contribution in [0, 0.1) is 52.8 Å². The molecule has 115 heavy (non-hydrogen) atoms. The fourth-order valence-corrected chi connectivity index (χ4v) is 18.1. The Kier molecular flexibility index (Phi) is 30.9. The Bertz CT molecular complexity index is 4480. The zero-order valence-corrected chi connectivity index (χ0v) is 66.4. The Labute approximate surface area is 676 Å². The number of hydrogen-bond donors (Lipinski definition) is 14. The molecule has 0 radical (unpaired) electrons. The molecule has 4 heterocycles. The number of piperidine rings is 1. The van der Waals surface area contributed by atoms with Crippen LogP contribution in [0.1, 0.15) is 112 Å². The Morgan fingerprint density at radius 1 is 0.661 bits per heavy atom. The molecule has 1 aromatic heterocycles. The maximum Gasteiger partial charge on any atom is 0.242 e. The molecule has 6 aromatic rings. The smallest absolute Gasteiger partial charge is 0.242 e. The normalized spacial score (nSPS) is 25.4. The number of nitrogens with one attached hydrogen (secondary N) is 10. The molecular weight excluding hydrogens is 1480 g/mol. The van der Waals surface area contributed by atoms with E-state index >= 15 is 33.6 Å². The molecule has 25 nitrogen and oxygen atoms in total. The number of aromatic amines is 1. The van der Waals surface area contributed by atoms with E-state index in [-0.39, 0.29) is 101 Å². The third-order valence-corrected chi connectivity index (χ3v) is 24.5. The third-order valence-electron chi connectivity index (χ3n) is 23.3. The van der Waals surface area contributed by atoms with E-state index in [4.69, 9.17) is 16.9 Å². The molecule has 3 aliphatic heterocycles. The number of rotatable bonds is 27. The van der Waals surface area contributed by atoms with Crippen molar-refractivity contribution in [3.8, 4) is 5.75 Å². The number of aliphatic hydroxyl groups excluding tert-OH is 1. The molecule has 16 N–H and O–H groups in total. The number of phenols is 1. The molecule has 26 heteroatoms. The first-order valence-electron chi connectivity index (χ1n) is 40.5. The molecule has 2 aliphatic carbocycles. The number of fused-ring (bicyclic) bond motifs is 3. The Balaban J connectivity index is 0.923. The lowest BCUT2D eigenvalue weighted by atomic mass is 9.62. The fraction of sp³-hybridized carbons (Fsp3) is 0.449. The van der Waals surface area contributed by atoms with Gasteiger partial charge in [-0.15, -0.1) is 0 Å². The number of Topliss-reactive ketones (excluding diaryl/α,β-unsaturated/α-hetero) is 4.